The van der Waals surface area contributed by atoms with Crippen molar-refractivity contribution >= 4 is 34.1 Å². The van der Waals surface area contributed by atoms with Gasteiger partial charge in [0.15, 0.2) is 7.14 Å². The normalized spacial score (nSPS) is 11.6. The quantitative estimate of drug-likeness (QED) is 0.257. The molecule has 0 atom stereocenters. The lowest BCUT2D eigenvalue weighted by Crippen LogP contribution is -2.25. The lowest BCUT2D eigenvalue weighted by Gasteiger charge is -2.21. The Morgan fingerprint density at radius 1 is 0.611 bits per heavy atom. The van der Waals surface area contributed by atoms with E-state index in [9.17, 15) is 0 Å². The molecule has 0 amide bonds. The Morgan fingerprint density at radius 3 is 1.81 bits per heavy atom. The molecule has 0 radical (unpaired) electrons. The molecule has 0 saturated heterocycles. The minimum atomic E-state index is -3.11. The molecule has 0 spiro atoms. The zero-order chi connectivity index (χ0) is 24.5. The second-order valence-corrected chi connectivity index (χ2v) is 11.7. The lowest BCUT2D eigenvalue weighted by atomic mass is 10.1. The Hall–Kier alpha value is -4.20. The van der Waals surface area contributed by atoms with Gasteiger partial charge in [0.05, 0.1) is 11.0 Å². The zero-order valence-electron chi connectivity index (χ0n) is 20.0. The number of hydrogen-bond acceptors (Lipinski definition) is 2. The zero-order valence-corrected chi connectivity index (χ0v) is 20.8. The van der Waals surface area contributed by atoms with E-state index in [4.69, 9.17) is 4.98 Å². The van der Waals surface area contributed by atoms with Crippen molar-refractivity contribution in [2.75, 3.05) is 0 Å². The first kappa shape index (κ1) is 22.3. The van der Waals surface area contributed by atoms with Crippen LogP contribution in [0.2, 0.25) is 0 Å². The van der Waals surface area contributed by atoms with Gasteiger partial charge in [0.25, 0.3) is 0 Å². The fourth-order valence-corrected chi connectivity index (χ4v) is 7.64. The van der Waals surface area contributed by atoms with Gasteiger partial charge < -0.3 is 4.57 Å². The van der Waals surface area contributed by atoms with Crippen LogP contribution in [0.25, 0.3) is 28.1 Å². The Bertz CT molecular complexity index is 1660. The topological polar surface area (TPSA) is 34.9 Å². The summed E-state index contributed by atoms with van der Waals surface area (Å²) in [7, 11) is -3.11. The van der Waals surface area contributed by atoms with Crippen molar-refractivity contribution in [3.63, 3.8) is 0 Å². The average Bonchev–Trinajstić information content (AvgIpc) is 3.33. The second-order valence-electron chi connectivity index (χ2n) is 8.93. The molecule has 5 aromatic carbocycles. The van der Waals surface area contributed by atoms with Crippen molar-refractivity contribution in [2.45, 2.75) is 6.92 Å². The van der Waals surface area contributed by atoms with E-state index in [1.165, 1.54) is 0 Å². The Morgan fingerprint density at radius 2 is 1.17 bits per heavy atom. The van der Waals surface area contributed by atoms with Crippen LogP contribution in [-0.2, 0) is 4.57 Å². The number of hydrogen-bond donors (Lipinski definition) is 0. The summed E-state index contributed by atoms with van der Waals surface area (Å²) < 4.78 is 17.2. The summed E-state index contributed by atoms with van der Waals surface area (Å²) >= 11 is 0. The Balaban J connectivity index is 1.63. The Kier molecular flexibility index (Phi) is 5.64. The van der Waals surface area contributed by atoms with Crippen LogP contribution < -0.4 is 15.9 Å². The minimum absolute atomic E-state index is 0.807. The second kappa shape index (κ2) is 9.11. The van der Waals surface area contributed by atoms with Crippen LogP contribution in [0.15, 0.2) is 133 Å². The number of benzene rings is 5. The van der Waals surface area contributed by atoms with Crippen molar-refractivity contribution in [1.82, 2.24) is 9.55 Å². The van der Waals surface area contributed by atoms with Crippen LogP contribution in [0.5, 0.6) is 0 Å². The Labute approximate surface area is 211 Å². The molecule has 0 aliphatic heterocycles. The molecule has 0 bridgehead atoms. The van der Waals surface area contributed by atoms with Crippen LogP contribution in [0.1, 0.15) is 5.56 Å². The van der Waals surface area contributed by atoms with E-state index in [2.05, 4.69) is 47.9 Å². The highest BCUT2D eigenvalue weighted by Crippen LogP contribution is 2.43. The molecular weight excluding hydrogens is 459 g/mol. The van der Waals surface area contributed by atoms with E-state index in [1.807, 2.05) is 97.1 Å². The molecule has 3 nitrogen and oxygen atoms in total. The fourth-order valence-electron chi connectivity index (χ4n) is 4.85. The smallest absolute Gasteiger partial charge is 0.171 e. The van der Waals surface area contributed by atoms with E-state index in [1.54, 1.807) is 0 Å². The summed E-state index contributed by atoms with van der Waals surface area (Å²) in [5.74, 6) is 0.833. The number of rotatable bonds is 5. The van der Waals surface area contributed by atoms with Crippen molar-refractivity contribution in [3.8, 4) is 17.1 Å². The average molecular weight is 485 g/mol. The third-order valence-corrected chi connectivity index (χ3v) is 9.53. The molecule has 6 aromatic rings. The van der Waals surface area contributed by atoms with Gasteiger partial charge in [-0.15, -0.1) is 0 Å². The van der Waals surface area contributed by atoms with Gasteiger partial charge >= 0.3 is 0 Å². The predicted octanol–water partition coefficient (Wildman–Crippen LogP) is 6.64. The molecule has 1 heterocycles. The predicted molar refractivity (Wildman–Crippen MR) is 151 cm³/mol. The van der Waals surface area contributed by atoms with Crippen molar-refractivity contribution in [1.29, 1.82) is 0 Å². The van der Waals surface area contributed by atoms with Gasteiger partial charge in [0.2, 0.25) is 0 Å². The molecule has 0 fully saturated rings. The van der Waals surface area contributed by atoms with E-state index in [-0.39, 0.29) is 0 Å². The van der Waals surface area contributed by atoms with E-state index < -0.39 is 7.14 Å². The fraction of sp³-hybridized carbons (Fsp3) is 0.0312. The lowest BCUT2D eigenvalue weighted by molar-refractivity contribution is 0.592. The van der Waals surface area contributed by atoms with Gasteiger partial charge in [0, 0.05) is 27.2 Å². The van der Waals surface area contributed by atoms with Gasteiger partial charge in [-0.3, -0.25) is 4.57 Å². The number of fused-ring (bicyclic) bond motifs is 1. The summed E-state index contributed by atoms with van der Waals surface area (Å²) in [4.78, 5) is 5.04. The van der Waals surface area contributed by atoms with Crippen LogP contribution in [0.4, 0.5) is 0 Å². The number of aryl methyl sites for hydroxylation is 1. The first-order valence-electron chi connectivity index (χ1n) is 12.0. The van der Waals surface area contributed by atoms with Gasteiger partial charge in [-0.2, -0.15) is 0 Å². The molecule has 1 aromatic heterocycles. The van der Waals surface area contributed by atoms with E-state index in [0.717, 1.165) is 49.6 Å². The molecule has 6 rings (SSSR count). The first-order valence-corrected chi connectivity index (χ1v) is 13.7. The largest absolute Gasteiger partial charge is 0.309 e. The summed E-state index contributed by atoms with van der Waals surface area (Å²) in [6.07, 6.45) is 0. The maximum atomic E-state index is 15.1. The summed E-state index contributed by atoms with van der Waals surface area (Å²) in [6.45, 7) is 2.06. The van der Waals surface area contributed by atoms with Crippen LogP contribution >= 0.6 is 7.14 Å². The molecule has 0 N–H and O–H groups in total. The summed E-state index contributed by atoms with van der Waals surface area (Å²) in [6, 6.07) is 44.3. The molecule has 0 unspecified atom stereocenters. The highest BCUT2D eigenvalue weighted by Gasteiger charge is 2.30. The van der Waals surface area contributed by atoms with Crippen LogP contribution in [-0.4, -0.2) is 9.55 Å². The number of para-hydroxylation sites is 3. The van der Waals surface area contributed by atoms with Crippen LogP contribution in [0, 0.1) is 6.92 Å². The van der Waals surface area contributed by atoms with Gasteiger partial charge in [0.1, 0.15) is 5.82 Å². The first-order chi connectivity index (χ1) is 17.6. The number of aromatic nitrogens is 2. The van der Waals surface area contributed by atoms with E-state index in [0.29, 0.717) is 0 Å². The minimum Gasteiger partial charge on any atom is -0.309 e. The SMILES string of the molecule is Cc1cc(-c2nc3ccccc3n2-c2ccccc2)cc(P(=O)(c2ccccc2)c2ccccc2)c1. The van der Waals surface area contributed by atoms with Crippen molar-refractivity contribution in [3.05, 3.63) is 139 Å². The standard InChI is InChI=1S/C32H25N2OP/c1-24-21-25(32-33-30-19-11-12-20-31(30)34(32)26-13-5-2-6-14-26)23-29(22-24)36(35,27-15-7-3-8-16-27)28-17-9-4-10-18-28/h2-23H,1H3. The molecule has 0 aliphatic rings. The maximum absolute atomic E-state index is 15.1. The molecule has 0 aliphatic carbocycles. The highest BCUT2D eigenvalue weighted by molar-refractivity contribution is 7.85. The van der Waals surface area contributed by atoms with Crippen LogP contribution in [0.3, 0.4) is 0 Å². The molecule has 174 valence electrons. The molecule has 0 saturated carbocycles. The van der Waals surface area contributed by atoms with Crippen molar-refractivity contribution in [2.24, 2.45) is 0 Å². The third kappa shape index (κ3) is 3.79. The summed E-state index contributed by atoms with van der Waals surface area (Å²) in [5, 5.41) is 2.45. The number of nitrogens with zero attached hydrogens (tertiary/aromatic N) is 2. The summed E-state index contributed by atoms with van der Waals surface area (Å²) in [5.41, 5.74) is 4.99. The van der Waals surface area contributed by atoms with Gasteiger partial charge in [-0.05, 0) is 55.0 Å². The van der Waals surface area contributed by atoms with Crippen molar-refractivity contribution < 1.29 is 4.57 Å². The highest BCUT2D eigenvalue weighted by atomic mass is 31.2. The van der Waals surface area contributed by atoms with Gasteiger partial charge in [-0.25, -0.2) is 4.98 Å². The molecule has 36 heavy (non-hydrogen) atoms. The third-order valence-electron chi connectivity index (χ3n) is 6.50. The molecular formula is C32H25N2OP. The molecule has 4 heteroatoms. The van der Waals surface area contributed by atoms with Gasteiger partial charge in [-0.1, -0.05) is 91.0 Å². The monoisotopic (exact) mass is 484 g/mol. The number of imidazole rings is 1. The maximum Gasteiger partial charge on any atom is 0.171 e. The van der Waals surface area contributed by atoms with E-state index >= 15 is 4.57 Å².